The Labute approximate surface area is 151 Å². The van der Waals surface area contributed by atoms with Crippen molar-refractivity contribution < 1.29 is 4.79 Å². The van der Waals surface area contributed by atoms with Crippen LogP contribution in [-0.4, -0.2) is 43.1 Å². The topological polar surface area (TPSA) is 99.7 Å². The van der Waals surface area contributed by atoms with Crippen LogP contribution in [0.3, 0.4) is 0 Å². The van der Waals surface area contributed by atoms with Crippen LogP contribution in [0.25, 0.3) is 0 Å². The van der Waals surface area contributed by atoms with E-state index in [0.717, 1.165) is 24.8 Å². The summed E-state index contributed by atoms with van der Waals surface area (Å²) < 4.78 is 1.78. The number of carbonyl (C=O) groups excluding carboxylic acids is 1. The number of nitriles is 1. The SMILES string of the molecule is Cn1cc([C@@H]2[C@@H](CNc3nccc(C#N)n3)CCC(=O)N2C2CC2)cn1. The molecule has 0 unspecified atom stereocenters. The normalized spacial score (nSPS) is 22.9. The molecule has 2 atom stereocenters. The molecule has 3 heterocycles. The molecule has 2 fully saturated rings. The Morgan fingerprint density at radius 1 is 1.38 bits per heavy atom. The van der Waals surface area contributed by atoms with Gasteiger partial charge in [-0.2, -0.15) is 10.4 Å². The minimum Gasteiger partial charge on any atom is -0.354 e. The van der Waals surface area contributed by atoms with Crippen molar-refractivity contribution in [2.45, 2.75) is 37.8 Å². The van der Waals surface area contributed by atoms with Crippen LogP contribution in [0.2, 0.25) is 0 Å². The molecule has 1 aliphatic heterocycles. The first-order valence-corrected chi connectivity index (χ1v) is 8.92. The lowest BCUT2D eigenvalue weighted by molar-refractivity contribution is -0.139. The first-order chi connectivity index (χ1) is 12.7. The van der Waals surface area contributed by atoms with E-state index in [9.17, 15) is 4.79 Å². The highest BCUT2D eigenvalue weighted by molar-refractivity contribution is 5.78. The molecule has 1 amide bonds. The van der Waals surface area contributed by atoms with Crippen molar-refractivity contribution in [3.05, 3.63) is 35.9 Å². The molecular formula is C18H21N7O. The highest BCUT2D eigenvalue weighted by Gasteiger charge is 2.44. The number of carbonyl (C=O) groups is 1. The fourth-order valence-corrected chi connectivity index (χ4v) is 3.73. The summed E-state index contributed by atoms with van der Waals surface area (Å²) in [4.78, 5) is 23.0. The minimum absolute atomic E-state index is 0.0177. The van der Waals surface area contributed by atoms with Crippen LogP contribution in [0.1, 0.15) is 43.0 Å². The van der Waals surface area contributed by atoms with Gasteiger partial charge in [-0.25, -0.2) is 9.97 Å². The molecule has 2 aliphatic rings. The molecule has 8 nitrogen and oxygen atoms in total. The molecule has 0 radical (unpaired) electrons. The summed E-state index contributed by atoms with van der Waals surface area (Å²) in [5, 5.41) is 16.5. The summed E-state index contributed by atoms with van der Waals surface area (Å²) in [5.41, 5.74) is 1.41. The molecular weight excluding hydrogens is 330 g/mol. The average molecular weight is 351 g/mol. The fourth-order valence-electron chi connectivity index (χ4n) is 3.73. The quantitative estimate of drug-likeness (QED) is 0.879. The van der Waals surface area contributed by atoms with E-state index in [4.69, 9.17) is 5.26 Å². The van der Waals surface area contributed by atoms with Gasteiger partial charge in [0.25, 0.3) is 0 Å². The van der Waals surface area contributed by atoms with Gasteiger partial charge in [-0.1, -0.05) is 0 Å². The van der Waals surface area contributed by atoms with Gasteiger partial charge in [-0.05, 0) is 25.3 Å². The third-order valence-electron chi connectivity index (χ3n) is 5.06. The zero-order valence-corrected chi connectivity index (χ0v) is 14.7. The van der Waals surface area contributed by atoms with E-state index in [2.05, 4.69) is 25.3 Å². The number of aryl methyl sites for hydroxylation is 1. The first-order valence-electron chi connectivity index (χ1n) is 8.92. The average Bonchev–Trinajstić information content (AvgIpc) is 3.40. The van der Waals surface area contributed by atoms with Crippen LogP contribution in [-0.2, 0) is 11.8 Å². The minimum atomic E-state index is 0.0177. The third kappa shape index (κ3) is 3.25. The van der Waals surface area contributed by atoms with Crippen molar-refractivity contribution in [2.24, 2.45) is 13.0 Å². The molecule has 0 bridgehead atoms. The van der Waals surface area contributed by atoms with Gasteiger partial charge in [0.15, 0.2) is 0 Å². The number of hydrogen-bond donors (Lipinski definition) is 1. The maximum absolute atomic E-state index is 12.6. The molecule has 4 rings (SSSR count). The Balaban J connectivity index is 1.56. The summed E-state index contributed by atoms with van der Waals surface area (Å²) in [6.45, 7) is 0.644. The summed E-state index contributed by atoms with van der Waals surface area (Å²) >= 11 is 0. The van der Waals surface area contributed by atoms with Crippen LogP contribution in [0.15, 0.2) is 24.7 Å². The number of amides is 1. The van der Waals surface area contributed by atoms with Crippen molar-refractivity contribution >= 4 is 11.9 Å². The maximum Gasteiger partial charge on any atom is 0.223 e. The van der Waals surface area contributed by atoms with E-state index in [-0.39, 0.29) is 17.9 Å². The molecule has 1 saturated heterocycles. The number of aromatic nitrogens is 4. The lowest BCUT2D eigenvalue weighted by atomic mass is 9.85. The van der Waals surface area contributed by atoms with Crippen molar-refractivity contribution in [3.63, 3.8) is 0 Å². The van der Waals surface area contributed by atoms with Gasteiger partial charge in [-0.15, -0.1) is 0 Å². The summed E-state index contributed by atoms with van der Waals surface area (Å²) in [6.07, 6.45) is 8.97. The molecule has 134 valence electrons. The third-order valence-corrected chi connectivity index (χ3v) is 5.06. The number of piperidine rings is 1. The molecule has 2 aromatic rings. The number of likely N-dealkylation sites (tertiary alicyclic amines) is 1. The van der Waals surface area contributed by atoms with E-state index in [1.54, 1.807) is 16.9 Å². The summed E-state index contributed by atoms with van der Waals surface area (Å²) in [5.74, 6) is 0.927. The monoisotopic (exact) mass is 351 g/mol. The Kier molecular flexibility index (Phi) is 4.29. The van der Waals surface area contributed by atoms with Crippen molar-refractivity contribution in [1.29, 1.82) is 5.26 Å². The van der Waals surface area contributed by atoms with Crippen LogP contribution in [0.4, 0.5) is 5.95 Å². The van der Waals surface area contributed by atoms with E-state index in [1.165, 1.54) is 0 Å². The lowest BCUT2D eigenvalue weighted by Gasteiger charge is -2.41. The van der Waals surface area contributed by atoms with Crippen molar-refractivity contribution in [3.8, 4) is 6.07 Å². The standard InChI is InChI=1S/C18H21N7O/c1-24-11-13(10-22-24)17-12(2-5-16(26)25(17)15-3-4-15)9-21-18-20-7-6-14(8-19)23-18/h6-7,10-12,15,17H,2-5,9H2,1H3,(H,20,21,23)/t12-,17+/m1/s1. The highest BCUT2D eigenvalue weighted by Crippen LogP contribution is 2.43. The van der Waals surface area contributed by atoms with Gasteiger partial charge in [0.2, 0.25) is 11.9 Å². The van der Waals surface area contributed by atoms with Crippen LogP contribution >= 0.6 is 0 Å². The molecule has 0 aromatic carbocycles. The second-order valence-electron chi connectivity index (χ2n) is 6.98. The van der Waals surface area contributed by atoms with Gasteiger partial charge in [0.1, 0.15) is 11.8 Å². The first kappa shape index (κ1) is 16.5. The zero-order valence-electron chi connectivity index (χ0n) is 14.7. The lowest BCUT2D eigenvalue weighted by Crippen LogP contribution is -2.46. The maximum atomic E-state index is 12.6. The van der Waals surface area contributed by atoms with E-state index in [1.807, 2.05) is 25.5 Å². The Morgan fingerprint density at radius 3 is 2.92 bits per heavy atom. The predicted octanol–water partition coefficient (Wildman–Crippen LogP) is 1.64. The number of rotatable bonds is 5. The number of anilines is 1. The van der Waals surface area contributed by atoms with Gasteiger partial charge >= 0.3 is 0 Å². The molecule has 2 aromatic heterocycles. The predicted molar refractivity (Wildman–Crippen MR) is 93.8 cm³/mol. The van der Waals surface area contributed by atoms with E-state index in [0.29, 0.717) is 30.6 Å². The second kappa shape index (κ2) is 6.75. The highest BCUT2D eigenvalue weighted by atomic mass is 16.2. The molecule has 8 heteroatoms. The summed E-state index contributed by atoms with van der Waals surface area (Å²) in [7, 11) is 1.89. The van der Waals surface area contributed by atoms with Gasteiger partial charge in [0.05, 0.1) is 12.2 Å². The van der Waals surface area contributed by atoms with Gasteiger partial charge in [0, 0.05) is 49.9 Å². The number of nitrogens with one attached hydrogen (secondary N) is 1. The molecule has 1 saturated carbocycles. The molecule has 0 spiro atoms. The second-order valence-corrected chi connectivity index (χ2v) is 6.98. The Bertz CT molecular complexity index is 851. The smallest absolute Gasteiger partial charge is 0.223 e. The van der Waals surface area contributed by atoms with Gasteiger partial charge in [-0.3, -0.25) is 9.48 Å². The van der Waals surface area contributed by atoms with Crippen LogP contribution in [0.5, 0.6) is 0 Å². The Morgan fingerprint density at radius 2 is 2.23 bits per heavy atom. The largest absolute Gasteiger partial charge is 0.354 e. The summed E-state index contributed by atoms with van der Waals surface area (Å²) in [6, 6.07) is 3.98. The Hall–Kier alpha value is -2.95. The number of nitrogens with zero attached hydrogens (tertiary/aromatic N) is 6. The molecule has 1 N–H and O–H groups in total. The van der Waals surface area contributed by atoms with Gasteiger partial charge < -0.3 is 10.2 Å². The fraction of sp³-hybridized carbons (Fsp3) is 0.500. The van der Waals surface area contributed by atoms with E-state index >= 15 is 0 Å². The van der Waals surface area contributed by atoms with E-state index < -0.39 is 0 Å². The van der Waals surface area contributed by atoms with Crippen LogP contribution in [0, 0.1) is 17.2 Å². The molecule has 26 heavy (non-hydrogen) atoms. The zero-order chi connectivity index (χ0) is 18.1. The van der Waals surface area contributed by atoms with Crippen LogP contribution < -0.4 is 5.32 Å². The van der Waals surface area contributed by atoms with Crippen molar-refractivity contribution in [1.82, 2.24) is 24.6 Å². The molecule has 1 aliphatic carbocycles. The van der Waals surface area contributed by atoms with Crippen molar-refractivity contribution in [2.75, 3.05) is 11.9 Å². The number of hydrogen-bond acceptors (Lipinski definition) is 6.